The van der Waals surface area contributed by atoms with Crippen LogP contribution in [0.4, 0.5) is 14.5 Å². The van der Waals surface area contributed by atoms with Crippen LogP contribution in [0.1, 0.15) is 22.1 Å². The summed E-state index contributed by atoms with van der Waals surface area (Å²) < 4.78 is 31.5. The van der Waals surface area contributed by atoms with Gasteiger partial charge in [-0.2, -0.15) is 4.98 Å². The zero-order valence-electron chi connectivity index (χ0n) is 10.6. The molecule has 0 atom stereocenters. The van der Waals surface area contributed by atoms with Gasteiger partial charge in [-0.25, -0.2) is 8.78 Å². The Balaban J connectivity index is 1.98. The number of aromatic nitrogens is 2. The van der Waals surface area contributed by atoms with E-state index < -0.39 is 28.8 Å². The second-order valence-electron chi connectivity index (χ2n) is 4.10. The highest BCUT2D eigenvalue weighted by atomic mass is 19.1. The Morgan fingerprint density at radius 1 is 1.45 bits per heavy atom. The van der Waals surface area contributed by atoms with E-state index in [1.165, 1.54) is 0 Å². The van der Waals surface area contributed by atoms with Gasteiger partial charge >= 0.3 is 0 Å². The number of nitrogens with two attached hydrogens (primary N) is 1. The van der Waals surface area contributed by atoms with Crippen molar-refractivity contribution in [1.29, 1.82) is 0 Å². The molecule has 0 radical (unpaired) electrons. The minimum Gasteiger partial charge on any atom is -0.396 e. The topological polar surface area (TPSA) is 94.0 Å². The molecule has 0 saturated heterocycles. The number of carbonyl (C=O) groups excluding carboxylic acids is 1. The molecule has 1 heterocycles. The zero-order chi connectivity index (χ0) is 14.7. The predicted molar refractivity (Wildman–Crippen MR) is 65.8 cm³/mol. The monoisotopic (exact) mass is 282 g/mol. The average molecular weight is 282 g/mol. The number of aryl methyl sites for hydroxylation is 1. The summed E-state index contributed by atoms with van der Waals surface area (Å²) >= 11 is 0. The molecule has 0 saturated carbocycles. The van der Waals surface area contributed by atoms with Gasteiger partial charge in [0.05, 0.1) is 11.3 Å². The third-order valence-corrected chi connectivity index (χ3v) is 2.50. The highest BCUT2D eigenvalue weighted by Crippen LogP contribution is 2.17. The number of nitrogens with zero attached hydrogens (tertiary/aromatic N) is 2. The molecule has 6 nitrogen and oxygen atoms in total. The number of nitrogens with one attached hydrogen (secondary N) is 1. The van der Waals surface area contributed by atoms with Gasteiger partial charge in [0.1, 0.15) is 5.82 Å². The van der Waals surface area contributed by atoms with Crippen molar-refractivity contribution < 1.29 is 18.1 Å². The van der Waals surface area contributed by atoms with E-state index in [1.54, 1.807) is 6.92 Å². The quantitative estimate of drug-likeness (QED) is 0.822. The number of hydrogen-bond acceptors (Lipinski definition) is 5. The number of rotatable bonds is 4. The van der Waals surface area contributed by atoms with E-state index in [-0.39, 0.29) is 6.54 Å². The highest BCUT2D eigenvalue weighted by Gasteiger charge is 2.16. The van der Waals surface area contributed by atoms with Crippen LogP contribution in [0.2, 0.25) is 0 Å². The van der Waals surface area contributed by atoms with Crippen LogP contribution >= 0.6 is 0 Å². The third kappa shape index (κ3) is 3.08. The molecule has 8 heteroatoms. The van der Waals surface area contributed by atoms with Crippen LogP contribution in [0.15, 0.2) is 16.7 Å². The third-order valence-electron chi connectivity index (χ3n) is 2.50. The molecule has 1 aromatic heterocycles. The Kier molecular flexibility index (Phi) is 3.92. The van der Waals surface area contributed by atoms with E-state index in [0.29, 0.717) is 18.1 Å². The molecule has 2 rings (SSSR count). The number of carbonyl (C=O) groups is 1. The van der Waals surface area contributed by atoms with Crippen molar-refractivity contribution in [3.63, 3.8) is 0 Å². The van der Waals surface area contributed by atoms with E-state index in [9.17, 15) is 13.6 Å². The molecule has 3 N–H and O–H groups in total. The minimum atomic E-state index is -0.947. The SMILES string of the molecule is Cc1noc(CCNC(=O)c2cc(F)cc(N)c2F)n1. The number of halogens is 2. The molecule has 20 heavy (non-hydrogen) atoms. The van der Waals surface area contributed by atoms with Crippen LogP contribution < -0.4 is 11.1 Å². The van der Waals surface area contributed by atoms with Crippen LogP contribution in [-0.4, -0.2) is 22.6 Å². The first kappa shape index (κ1) is 13.9. The summed E-state index contributed by atoms with van der Waals surface area (Å²) in [6.45, 7) is 1.81. The van der Waals surface area contributed by atoms with E-state index in [1.807, 2.05) is 0 Å². The summed E-state index contributed by atoms with van der Waals surface area (Å²) in [5, 5.41) is 6.01. The second kappa shape index (κ2) is 5.64. The van der Waals surface area contributed by atoms with Crippen LogP contribution in [0, 0.1) is 18.6 Å². The molecule has 1 amide bonds. The first-order valence-corrected chi connectivity index (χ1v) is 5.79. The van der Waals surface area contributed by atoms with Crippen LogP contribution in [0.5, 0.6) is 0 Å². The lowest BCUT2D eigenvalue weighted by Crippen LogP contribution is -2.27. The fourth-order valence-corrected chi connectivity index (χ4v) is 1.60. The number of nitrogen functional groups attached to an aromatic ring is 1. The lowest BCUT2D eigenvalue weighted by Gasteiger charge is -2.06. The van der Waals surface area contributed by atoms with Gasteiger partial charge in [0.2, 0.25) is 5.89 Å². The molecule has 0 aliphatic rings. The Morgan fingerprint density at radius 2 is 2.20 bits per heavy atom. The van der Waals surface area contributed by atoms with E-state index >= 15 is 0 Å². The van der Waals surface area contributed by atoms with Crippen molar-refractivity contribution in [1.82, 2.24) is 15.5 Å². The zero-order valence-corrected chi connectivity index (χ0v) is 10.6. The normalized spacial score (nSPS) is 10.6. The molecule has 1 aromatic carbocycles. The van der Waals surface area contributed by atoms with Crippen molar-refractivity contribution in [2.75, 3.05) is 12.3 Å². The van der Waals surface area contributed by atoms with Crippen molar-refractivity contribution >= 4 is 11.6 Å². The Morgan fingerprint density at radius 3 is 2.85 bits per heavy atom. The van der Waals surface area contributed by atoms with E-state index in [2.05, 4.69) is 15.5 Å². The average Bonchev–Trinajstić information content (AvgIpc) is 2.79. The molecule has 0 aliphatic carbocycles. The lowest BCUT2D eigenvalue weighted by atomic mass is 10.1. The van der Waals surface area contributed by atoms with Gasteiger partial charge < -0.3 is 15.6 Å². The molecular weight excluding hydrogens is 270 g/mol. The second-order valence-corrected chi connectivity index (χ2v) is 4.10. The fraction of sp³-hybridized carbons (Fsp3) is 0.250. The largest absolute Gasteiger partial charge is 0.396 e. The number of benzene rings is 1. The fourth-order valence-electron chi connectivity index (χ4n) is 1.60. The lowest BCUT2D eigenvalue weighted by molar-refractivity contribution is 0.0949. The summed E-state index contributed by atoms with van der Waals surface area (Å²) in [6.07, 6.45) is 0.291. The maximum Gasteiger partial charge on any atom is 0.254 e. The number of amides is 1. The smallest absolute Gasteiger partial charge is 0.254 e. The molecular formula is C12H12F2N4O2. The summed E-state index contributed by atoms with van der Waals surface area (Å²) in [6, 6.07) is 1.60. The summed E-state index contributed by atoms with van der Waals surface area (Å²) in [4.78, 5) is 15.7. The first-order valence-electron chi connectivity index (χ1n) is 5.79. The van der Waals surface area contributed by atoms with Gasteiger partial charge in [0.25, 0.3) is 5.91 Å². The van der Waals surface area contributed by atoms with Crippen LogP contribution in [0.3, 0.4) is 0 Å². The molecule has 0 spiro atoms. The van der Waals surface area contributed by atoms with Gasteiger partial charge in [-0.05, 0) is 19.1 Å². The summed E-state index contributed by atoms with van der Waals surface area (Å²) in [5.74, 6) is -1.65. The van der Waals surface area contributed by atoms with Gasteiger partial charge in [-0.15, -0.1) is 0 Å². The minimum absolute atomic E-state index is 0.149. The van der Waals surface area contributed by atoms with Gasteiger partial charge in [0.15, 0.2) is 11.6 Å². The van der Waals surface area contributed by atoms with E-state index in [4.69, 9.17) is 10.3 Å². The van der Waals surface area contributed by atoms with E-state index in [0.717, 1.165) is 12.1 Å². The summed E-state index contributed by atoms with van der Waals surface area (Å²) in [7, 11) is 0. The predicted octanol–water partition coefficient (Wildman–Crippen LogP) is 1.21. The standard InChI is InChI=1S/C12H12F2N4O2/c1-6-17-10(20-18-6)2-3-16-12(19)8-4-7(13)5-9(15)11(8)14/h4-5H,2-3,15H2,1H3,(H,16,19). The van der Waals surface area contributed by atoms with Crippen molar-refractivity contribution in [2.45, 2.75) is 13.3 Å². The first-order chi connectivity index (χ1) is 9.47. The van der Waals surface area contributed by atoms with Gasteiger partial charge in [-0.3, -0.25) is 4.79 Å². The molecule has 0 fully saturated rings. The van der Waals surface area contributed by atoms with Crippen molar-refractivity contribution in [3.8, 4) is 0 Å². The van der Waals surface area contributed by atoms with Crippen LogP contribution in [-0.2, 0) is 6.42 Å². The number of anilines is 1. The molecule has 106 valence electrons. The molecule has 2 aromatic rings. The maximum atomic E-state index is 13.6. The number of hydrogen-bond donors (Lipinski definition) is 2. The summed E-state index contributed by atoms with van der Waals surface area (Å²) in [5.41, 5.74) is 4.40. The molecule has 0 aliphatic heterocycles. The Labute approximate surface area is 113 Å². The Hall–Kier alpha value is -2.51. The van der Waals surface area contributed by atoms with Crippen molar-refractivity contribution in [3.05, 3.63) is 41.0 Å². The molecule has 0 bridgehead atoms. The maximum absolute atomic E-state index is 13.6. The van der Waals surface area contributed by atoms with Crippen molar-refractivity contribution in [2.24, 2.45) is 0 Å². The molecule has 0 unspecified atom stereocenters. The Bertz CT molecular complexity index is 642. The highest BCUT2D eigenvalue weighted by molar-refractivity contribution is 5.95. The van der Waals surface area contributed by atoms with Gasteiger partial charge in [-0.1, -0.05) is 5.16 Å². The van der Waals surface area contributed by atoms with Gasteiger partial charge in [0, 0.05) is 13.0 Å². The van der Waals surface area contributed by atoms with Crippen LogP contribution in [0.25, 0.3) is 0 Å².